The fraction of sp³-hybridized carbons (Fsp3) is 0.897. The highest BCUT2D eigenvalue weighted by molar-refractivity contribution is 5.78. The van der Waals surface area contributed by atoms with E-state index in [2.05, 4.69) is 13.5 Å². The van der Waals surface area contributed by atoms with Crippen molar-refractivity contribution in [3.05, 3.63) is 12.7 Å². The fourth-order valence-electron chi connectivity index (χ4n) is 4.31. The molecule has 0 unspecified atom stereocenters. The molecule has 30 heavy (non-hydrogen) atoms. The highest BCUT2D eigenvalue weighted by Gasteiger charge is 2.02. The third-order valence-electron chi connectivity index (χ3n) is 6.42. The third kappa shape index (κ3) is 25.4. The van der Waals surface area contributed by atoms with Crippen LogP contribution in [0.1, 0.15) is 167 Å². The summed E-state index contributed by atoms with van der Waals surface area (Å²) in [5.74, 6) is 0.514. The Kier molecular flexibility index (Phi) is 25.9. The van der Waals surface area contributed by atoms with E-state index in [1.165, 1.54) is 135 Å². The molecule has 0 spiro atoms. The van der Waals surface area contributed by atoms with E-state index >= 15 is 0 Å². The van der Waals surface area contributed by atoms with E-state index < -0.39 is 0 Å². The molecule has 0 aromatic heterocycles. The van der Waals surface area contributed by atoms with Crippen molar-refractivity contribution >= 4 is 5.78 Å². The van der Waals surface area contributed by atoms with Gasteiger partial charge >= 0.3 is 0 Å². The largest absolute Gasteiger partial charge is 0.300 e. The number of rotatable bonds is 26. The van der Waals surface area contributed by atoms with Crippen molar-refractivity contribution in [3.63, 3.8) is 0 Å². The van der Waals surface area contributed by atoms with Crippen LogP contribution in [0.2, 0.25) is 0 Å². The summed E-state index contributed by atoms with van der Waals surface area (Å²) in [6, 6.07) is 0. The highest BCUT2D eigenvalue weighted by Crippen LogP contribution is 2.15. The SMILES string of the molecule is C=CCCCCCCCCCCCCCCCCCC(=O)CCCCCCCCC. The molecule has 0 amide bonds. The van der Waals surface area contributed by atoms with E-state index in [1.807, 2.05) is 6.08 Å². The van der Waals surface area contributed by atoms with Gasteiger partial charge in [-0.3, -0.25) is 4.79 Å². The molecule has 0 rings (SSSR count). The zero-order valence-electron chi connectivity index (χ0n) is 20.9. The number of carbonyl (C=O) groups is 1. The first-order valence-corrected chi connectivity index (χ1v) is 13.9. The number of allylic oxidation sites excluding steroid dienone is 1. The summed E-state index contributed by atoms with van der Waals surface area (Å²) in [6.45, 7) is 6.04. The first-order valence-electron chi connectivity index (χ1n) is 13.9. The van der Waals surface area contributed by atoms with E-state index in [9.17, 15) is 4.79 Å². The maximum Gasteiger partial charge on any atom is 0.132 e. The molecule has 0 saturated carbocycles. The van der Waals surface area contributed by atoms with Gasteiger partial charge < -0.3 is 0 Å². The zero-order chi connectivity index (χ0) is 22.0. The van der Waals surface area contributed by atoms with Crippen LogP contribution < -0.4 is 0 Å². The average Bonchev–Trinajstić information content (AvgIpc) is 2.75. The normalized spacial score (nSPS) is 11.1. The topological polar surface area (TPSA) is 17.1 Å². The molecule has 0 atom stereocenters. The van der Waals surface area contributed by atoms with Gasteiger partial charge in [-0.25, -0.2) is 0 Å². The molecule has 0 aromatic carbocycles. The molecule has 0 radical (unpaired) electrons. The molecule has 1 heteroatoms. The standard InChI is InChI=1S/C29H56O/c1-3-5-7-9-11-12-13-14-15-16-17-18-19-20-22-24-26-28-29(30)27-25-23-21-10-8-6-4-2/h3H,1,4-28H2,2H3. The van der Waals surface area contributed by atoms with Gasteiger partial charge in [0.25, 0.3) is 0 Å². The molecule has 0 aliphatic carbocycles. The minimum atomic E-state index is 0.514. The van der Waals surface area contributed by atoms with Crippen molar-refractivity contribution < 1.29 is 4.79 Å². The van der Waals surface area contributed by atoms with Gasteiger partial charge in [-0.05, 0) is 25.7 Å². The number of unbranched alkanes of at least 4 members (excludes halogenated alkanes) is 21. The lowest BCUT2D eigenvalue weighted by atomic mass is 10.0. The first-order chi connectivity index (χ1) is 14.8. The maximum absolute atomic E-state index is 11.9. The second-order valence-corrected chi connectivity index (χ2v) is 9.54. The Hall–Kier alpha value is -0.590. The van der Waals surface area contributed by atoms with Gasteiger partial charge in [0.15, 0.2) is 0 Å². The predicted molar refractivity (Wildman–Crippen MR) is 136 cm³/mol. The molecule has 0 N–H and O–H groups in total. The second kappa shape index (κ2) is 26.4. The van der Waals surface area contributed by atoms with Gasteiger partial charge in [0, 0.05) is 12.8 Å². The molecule has 0 bridgehead atoms. The van der Waals surface area contributed by atoms with Crippen molar-refractivity contribution in [3.8, 4) is 0 Å². The molecule has 0 aromatic rings. The number of hydrogen-bond donors (Lipinski definition) is 0. The predicted octanol–water partition coefficient (Wildman–Crippen LogP) is 10.5. The third-order valence-corrected chi connectivity index (χ3v) is 6.42. The molecule has 178 valence electrons. The van der Waals surface area contributed by atoms with E-state index in [-0.39, 0.29) is 0 Å². The van der Waals surface area contributed by atoms with Crippen molar-refractivity contribution in [2.24, 2.45) is 0 Å². The lowest BCUT2D eigenvalue weighted by Gasteiger charge is -2.04. The summed E-state index contributed by atoms with van der Waals surface area (Å²) < 4.78 is 0. The Balaban J connectivity index is 3.11. The molecule has 0 saturated heterocycles. The van der Waals surface area contributed by atoms with Crippen LogP contribution >= 0.6 is 0 Å². The summed E-state index contributed by atoms with van der Waals surface area (Å²) in [6.07, 6.45) is 34.7. The Morgan fingerprint density at radius 3 is 1.13 bits per heavy atom. The molecule has 0 aliphatic heterocycles. The molecular formula is C29H56O. The second-order valence-electron chi connectivity index (χ2n) is 9.54. The number of carbonyl (C=O) groups excluding carboxylic acids is 1. The maximum atomic E-state index is 11.9. The lowest BCUT2D eigenvalue weighted by molar-refractivity contribution is -0.119. The Labute approximate surface area is 190 Å². The highest BCUT2D eigenvalue weighted by atomic mass is 16.1. The van der Waals surface area contributed by atoms with Crippen molar-refractivity contribution in [1.82, 2.24) is 0 Å². The van der Waals surface area contributed by atoms with Gasteiger partial charge in [0.2, 0.25) is 0 Å². The summed E-state index contributed by atoms with van der Waals surface area (Å²) in [5, 5.41) is 0. The summed E-state index contributed by atoms with van der Waals surface area (Å²) >= 11 is 0. The molecule has 0 aliphatic rings. The van der Waals surface area contributed by atoms with Crippen LogP contribution in [0.15, 0.2) is 12.7 Å². The number of Topliss-reactive ketones (excluding diaryl/α,β-unsaturated/α-hetero) is 1. The minimum Gasteiger partial charge on any atom is -0.300 e. The van der Waals surface area contributed by atoms with Crippen molar-refractivity contribution in [2.75, 3.05) is 0 Å². The van der Waals surface area contributed by atoms with Gasteiger partial charge in [0.1, 0.15) is 5.78 Å². The van der Waals surface area contributed by atoms with Crippen LogP contribution in [0.5, 0.6) is 0 Å². The van der Waals surface area contributed by atoms with Crippen LogP contribution in [0.25, 0.3) is 0 Å². The number of hydrogen-bond acceptors (Lipinski definition) is 1. The van der Waals surface area contributed by atoms with Crippen LogP contribution in [0, 0.1) is 0 Å². The average molecular weight is 421 g/mol. The quantitative estimate of drug-likeness (QED) is 0.100. The van der Waals surface area contributed by atoms with Crippen molar-refractivity contribution in [1.29, 1.82) is 0 Å². The summed E-state index contributed by atoms with van der Waals surface area (Å²) in [7, 11) is 0. The van der Waals surface area contributed by atoms with E-state index in [0.29, 0.717) is 5.78 Å². The van der Waals surface area contributed by atoms with Crippen LogP contribution in [-0.4, -0.2) is 5.78 Å². The first kappa shape index (κ1) is 29.4. The van der Waals surface area contributed by atoms with Gasteiger partial charge in [0.05, 0.1) is 0 Å². The Bertz CT molecular complexity index is 346. The monoisotopic (exact) mass is 420 g/mol. The molecule has 0 fully saturated rings. The molecule has 0 heterocycles. The van der Waals surface area contributed by atoms with E-state index in [0.717, 1.165) is 25.7 Å². The smallest absolute Gasteiger partial charge is 0.132 e. The van der Waals surface area contributed by atoms with Crippen LogP contribution in [-0.2, 0) is 4.79 Å². The van der Waals surface area contributed by atoms with Crippen LogP contribution in [0.3, 0.4) is 0 Å². The minimum absolute atomic E-state index is 0.514. The van der Waals surface area contributed by atoms with Crippen molar-refractivity contribution in [2.45, 2.75) is 167 Å². The molecule has 1 nitrogen and oxygen atoms in total. The van der Waals surface area contributed by atoms with E-state index in [1.54, 1.807) is 0 Å². The zero-order valence-corrected chi connectivity index (χ0v) is 20.9. The lowest BCUT2D eigenvalue weighted by Crippen LogP contribution is -1.97. The molecular weight excluding hydrogens is 364 g/mol. The fourth-order valence-corrected chi connectivity index (χ4v) is 4.31. The van der Waals surface area contributed by atoms with E-state index in [4.69, 9.17) is 0 Å². The number of ketones is 1. The Morgan fingerprint density at radius 2 is 0.800 bits per heavy atom. The summed E-state index contributed by atoms with van der Waals surface area (Å²) in [4.78, 5) is 11.9. The van der Waals surface area contributed by atoms with Crippen LogP contribution in [0.4, 0.5) is 0 Å². The summed E-state index contributed by atoms with van der Waals surface area (Å²) in [5.41, 5.74) is 0. The Morgan fingerprint density at radius 1 is 0.500 bits per heavy atom. The van der Waals surface area contributed by atoms with Gasteiger partial charge in [-0.1, -0.05) is 135 Å². The van der Waals surface area contributed by atoms with Gasteiger partial charge in [-0.15, -0.1) is 6.58 Å². The van der Waals surface area contributed by atoms with Gasteiger partial charge in [-0.2, -0.15) is 0 Å².